The summed E-state index contributed by atoms with van der Waals surface area (Å²) in [5.41, 5.74) is 0. The molecule has 0 spiro atoms. The molecule has 0 fully saturated rings. The van der Waals surface area contributed by atoms with Gasteiger partial charge in [0.15, 0.2) is 0 Å². The van der Waals surface area contributed by atoms with Crippen molar-refractivity contribution in [3.8, 4) is 0 Å². The third-order valence-corrected chi connectivity index (χ3v) is 4.10. The van der Waals surface area contributed by atoms with Gasteiger partial charge in [-0.15, -0.1) is 11.3 Å². The van der Waals surface area contributed by atoms with Gasteiger partial charge in [0, 0.05) is 11.4 Å². The number of nitrogens with zero attached hydrogens (tertiary/aromatic N) is 2. The number of fused-ring (bicyclic) bond motifs is 1. The lowest BCUT2D eigenvalue weighted by Crippen LogP contribution is -2.04. The van der Waals surface area contributed by atoms with Crippen LogP contribution in [0.1, 0.15) is 38.0 Å². The van der Waals surface area contributed by atoms with Crippen LogP contribution in [0.2, 0.25) is 5.28 Å². The minimum absolute atomic E-state index is 0.319. The molecule has 0 aromatic carbocycles. The van der Waals surface area contributed by atoms with Gasteiger partial charge in [0.1, 0.15) is 10.6 Å². The Morgan fingerprint density at radius 3 is 2.84 bits per heavy atom. The van der Waals surface area contributed by atoms with Gasteiger partial charge in [0.2, 0.25) is 5.28 Å². The first-order chi connectivity index (χ1) is 9.06. The van der Waals surface area contributed by atoms with Gasteiger partial charge in [0.25, 0.3) is 0 Å². The first-order valence-corrected chi connectivity index (χ1v) is 7.93. The third kappa shape index (κ3) is 4.05. The van der Waals surface area contributed by atoms with E-state index in [0.717, 1.165) is 34.9 Å². The van der Waals surface area contributed by atoms with E-state index in [4.69, 9.17) is 11.6 Å². The lowest BCUT2D eigenvalue weighted by Gasteiger charge is -2.08. The molecule has 0 radical (unpaired) electrons. The van der Waals surface area contributed by atoms with E-state index < -0.39 is 0 Å². The van der Waals surface area contributed by atoms with Gasteiger partial charge in [-0.05, 0) is 36.9 Å². The molecular formula is C14H20ClN3S. The van der Waals surface area contributed by atoms with Gasteiger partial charge in [0.05, 0.1) is 5.39 Å². The first kappa shape index (κ1) is 14.5. The summed E-state index contributed by atoms with van der Waals surface area (Å²) in [5.74, 6) is 1.64. The summed E-state index contributed by atoms with van der Waals surface area (Å²) in [6, 6.07) is 2.12. The predicted molar refractivity (Wildman–Crippen MR) is 84.3 cm³/mol. The van der Waals surface area contributed by atoms with Crippen molar-refractivity contribution in [2.45, 2.75) is 40.0 Å². The first-order valence-electron chi connectivity index (χ1n) is 6.74. The van der Waals surface area contributed by atoms with E-state index in [-0.39, 0.29) is 0 Å². The Morgan fingerprint density at radius 1 is 1.32 bits per heavy atom. The second kappa shape index (κ2) is 6.53. The highest BCUT2D eigenvalue weighted by molar-refractivity contribution is 7.18. The van der Waals surface area contributed by atoms with Gasteiger partial charge >= 0.3 is 0 Å². The van der Waals surface area contributed by atoms with Gasteiger partial charge < -0.3 is 5.32 Å². The van der Waals surface area contributed by atoms with Crippen molar-refractivity contribution in [3.63, 3.8) is 0 Å². The molecule has 0 aliphatic heterocycles. The number of anilines is 1. The van der Waals surface area contributed by atoms with Crippen LogP contribution in [-0.4, -0.2) is 16.5 Å². The molecule has 0 atom stereocenters. The van der Waals surface area contributed by atoms with Crippen molar-refractivity contribution in [2.24, 2.45) is 5.92 Å². The number of aromatic nitrogens is 2. The topological polar surface area (TPSA) is 37.8 Å². The Hall–Kier alpha value is -0.870. The average Bonchev–Trinajstić information content (AvgIpc) is 2.68. The number of nitrogens with one attached hydrogen (secondary N) is 1. The maximum Gasteiger partial charge on any atom is 0.225 e. The Morgan fingerprint density at radius 2 is 2.11 bits per heavy atom. The average molecular weight is 298 g/mol. The summed E-state index contributed by atoms with van der Waals surface area (Å²) in [7, 11) is 0. The van der Waals surface area contributed by atoms with E-state index in [1.807, 2.05) is 0 Å². The van der Waals surface area contributed by atoms with Gasteiger partial charge in [-0.3, -0.25) is 0 Å². The van der Waals surface area contributed by atoms with Gasteiger partial charge in [-0.25, -0.2) is 9.97 Å². The van der Waals surface area contributed by atoms with Crippen molar-refractivity contribution in [2.75, 3.05) is 11.9 Å². The van der Waals surface area contributed by atoms with E-state index in [2.05, 4.69) is 42.1 Å². The van der Waals surface area contributed by atoms with E-state index in [1.54, 1.807) is 11.3 Å². The molecule has 2 heterocycles. The number of thiophene rings is 1. The Bertz CT molecular complexity index is 551. The molecule has 0 amide bonds. The van der Waals surface area contributed by atoms with Gasteiger partial charge in [-0.1, -0.05) is 26.7 Å². The molecule has 1 N–H and O–H groups in total. The number of rotatable bonds is 6. The van der Waals surface area contributed by atoms with Crippen LogP contribution in [0.3, 0.4) is 0 Å². The minimum Gasteiger partial charge on any atom is -0.369 e. The fourth-order valence-electron chi connectivity index (χ4n) is 2.04. The number of hydrogen-bond acceptors (Lipinski definition) is 4. The molecule has 104 valence electrons. The molecule has 0 saturated heterocycles. The van der Waals surface area contributed by atoms with Crippen molar-refractivity contribution >= 4 is 39.0 Å². The highest BCUT2D eigenvalue weighted by Crippen LogP contribution is 2.29. The zero-order valence-electron chi connectivity index (χ0n) is 11.7. The predicted octanol–water partition coefficient (Wildman–Crippen LogP) is 4.89. The molecule has 0 unspecified atom stereocenters. The van der Waals surface area contributed by atoms with E-state index >= 15 is 0 Å². The molecule has 2 rings (SSSR count). The monoisotopic (exact) mass is 297 g/mol. The summed E-state index contributed by atoms with van der Waals surface area (Å²) >= 11 is 7.61. The molecule has 2 aromatic heterocycles. The maximum absolute atomic E-state index is 5.96. The summed E-state index contributed by atoms with van der Waals surface area (Å²) < 4.78 is 0. The molecule has 19 heavy (non-hydrogen) atoms. The second-order valence-electron chi connectivity index (χ2n) is 5.23. The molecule has 0 bridgehead atoms. The van der Waals surface area contributed by atoms with Crippen LogP contribution in [-0.2, 0) is 0 Å². The smallest absolute Gasteiger partial charge is 0.225 e. The lowest BCUT2D eigenvalue weighted by molar-refractivity contribution is 0.544. The highest BCUT2D eigenvalue weighted by atomic mass is 35.5. The zero-order chi connectivity index (χ0) is 13.8. The van der Waals surface area contributed by atoms with Crippen LogP contribution >= 0.6 is 22.9 Å². The van der Waals surface area contributed by atoms with Crippen LogP contribution in [0, 0.1) is 12.8 Å². The van der Waals surface area contributed by atoms with Crippen LogP contribution in [0.4, 0.5) is 5.82 Å². The van der Waals surface area contributed by atoms with E-state index in [1.165, 1.54) is 17.7 Å². The molecule has 0 saturated carbocycles. The summed E-state index contributed by atoms with van der Waals surface area (Å²) in [5, 5.41) is 4.78. The summed E-state index contributed by atoms with van der Waals surface area (Å²) in [6.07, 6.45) is 3.68. The van der Waals surface area contributed by atoms with Crippen LogP contribution in [0.5, 0.6) is 0 Å². The normalized spacial score (nSPS) is 11.4. The largest absolute Gasteiger partial charge is 0.369 e. The Kier molecular flexibility index (Phi) is 4.99. The summed E-state index contributed by atoms with van der Waals surface area (Å²) in [6.45, 7) is 7.53. The standard InChI is InChI=1S/C14H20ClN3S/c1-9(2)6-4-5-7-16-12-11-8-10(3)19-13(11)18-14(15)17-12/h8-9H,4-7H2,1-3H3,(H,16,17,18). The van der Waals surface area contributed by atoms with Crippen molar-refractivity contribution in [1.29, 1.82) is 0 Å². The SMILES string of the molecule is Cc1cc2c(NCCCCC(C)C)nc(Cl)nc2s1. The quantitative estimate of drug-likeness (QED) is 0.609. The molecule has 2 aromatic rings. The van der Waals surface area contributed by atoms with Crippen LogP contribution in [0.25, 0.3) is 10.2 Å². The molecular weight excluding hydrogens is 278 g/mol. The Balaban J connectivity index is 1.99. The molecule has 5 heteroatoms. The molecule has 0 aliphatic rings. The third-order valence-electron chi connectivity index (χ3n) is 2.99. The van der Waals surface area contributed by atoms with E-state index in [9.17, 15) is 0 Å². The molecule has 0 aliphatic carbocycles. The van der Waals surface area contributed by atoms with E-state index in [0.29, 0.717) is 5.28 Å². The van der Waals surface area contributed by atoms with Crippen molar-refractivity contribution in [3.05, 3.63) is 16.2 Å². The van der Waals surface area contributed by atoms with Gasteiger partial charge in [-0.2, -0.15) is 0 Å². The van der Waals surface area contributed by atoms with Crippen LogP contribution < -0.4 is 5.32 Å². The minimum atomic E-state index is 0.319. The van der Waals surface area contributed by atoms with Crippen molar-refractivity contribution < 1.29 is 0 Å². The number of unbranched alkanes of at least 4 members (excludes halogenated alkanes) is 1. The molecule has 3 nitrogen and oxygen atoms in total. The fourth-order valence-corrected chi connectivity index (χ4v) is 3.13. The number of aryl methyl sites for hydroxylation is 1. The van der Waals surface area contributed by atoms with Crippen molar-refractivity contribution in [1.82, 2.24) is 9.97 Å². The Labute approximate surface area is 123 Å². The lowest BCUT2D eigenvalue weighted by atomic mass is 10.1. The summed E-state index contributed by atoms with van der Waals surface area (Å²) in [4.78, 5) is 10.7. The maximum atomic E-state index is 5.96. The number of halogens is 1. The second-order valence-corrected chi connectivity index (χ2v) is 6.81. The zero-order valence-corrected chi connectivity index (χ0v) is 13.2. The highest BCUT2D eigenvalue weighted by Gasteiger charge is 2.09. The number of hydrogen-bond donors (Lipinski definition) is 1. The van der Waals surface area contributed by atoms with Crippen LogP contribution in [0.15, 0.2) is 6.07 Å². The fraction of sp³-hybridized carbons (Fsp3) is 0.571.